The number of nitrogens with one attached hydrogen (secondary N) is 1. The molecule has 0 aliphatic heterocycles. The van der Waals surface area contributed by atoms with E-state index in [4.69, 9.17) is 0 Å². The number of halogens is 1. The van der Waals surface area contributed by atoms with E-state index in [0.717, 1.165) is 0 Å². The second kappa shape index (κ2) is 5.52. The van der Waals surface area contributed by atoms with Crippen molar-refractivity contribution in [3.8, 4) is 0 Å². The maximum Gasteiger partial charge on any atom is 0.223 e. The summed E-state index contributed by atoms with van der Waals surface area (Å²) < 4.78 is 13.1. The van der Waals surface area contributed by atoms with E-state index in [-0.39, 0.29) is 12.3 Å². The summed E-state index contributed by atoms with van der Waals surface area (Å²) in [4.78, 5) is 12.0. The van der Waals surface area contributed by atoms with Gasteiger partial charge in [0.25, 0.3) is 0 Å². The summed E-state index contributed by atoms with van der Waals surface area (Å²) in [6.45, 7) is 0. The van der Waals surface area contributed by atoms with Crippen LogP contribution in [0.25, 0.3) is 0 Å². The second-order valence-electron chi connectivity index (χ2n) is 6.04. The SMILES string of the molecule is O=C(CC(O)c1cccc(F)c1)NC(C1CC1)C1CC1. The Labute approximate surface area is 118 Å². The van der Waals surface area contributed by atoms with Crippen LogP contribution in [0, 0.1) is 17.7 Å². The summed E-state index contributed by atoms with van der Waals surface area (Å²) in [5.74, 6) is 0.747. The van der Waals surface area contributed by atoms with E-state index in [1.807, 2.05) is 0 Å². The Balaban J connectivity index is 1.55. The zero-order valence-corrected chi connectivity index (χ0v) is 11.4. The number of hydrogen-bond donors (Lipinski definition) is 2. The van der Waals surface area contributed by atoms with Crippen LogP contribution in [0.5, 0.6) is 0 Å². The van der Waals surface area contributed by atoms with Crippen molar-refractivity contribution in [2.45, 2.75) is 44.2 Å². The maximum atomic E-state index is 13.1. The fraction of sp³-hybridized carbons (Fsp3) is 0.562. The van der Waals surface area contributed by atoms with Crippen molar-refractivity contribution in [3.63, 3.8) is 0 Å². The van der Waals surface area contributed by atoms with E-state index < -0.39 is 11.9 Å². The van der Waals surface area contributed by atoms with E-state index in [1.54, 1.807) is 12.1 Å². The van der Waals surface area contributed by atoms with Gasteiger partial charge >= 0.3 is 0 Å². The molecule has 0 heterocycles. The van der Waals surface area contributed by atoms with Gasteiger partial charge in [-0.05, 0) is 55.2 Å². The summed E-state index contributed by atoms with van der Waals surface area (Å²) in [5, 5.41) is 13.1. The molecular weight excluding hydrogens is 257 g/mol. The van der Waals surface area contributed by atoms with Crippen LogP contribution in [0.1, 0.15) is 43.8 Å². The van der Waals surface area contributed by atoms with Crippen LogP contribution in [-0.2, 0) is 4.79 Å². The topological polar surface area (TPSA) is 49.3 Å². The van der Waals surface area contributed by atoms with Gasteiger partial charge in [-0.15, -0.1) is 0 Å². The molecule has 0 bridgehead atoms. The molecule has 1 aromatic rings. The molecule has 1 atom stereocenters. The third-order valence-electron chi connectivity index (χ3n) is 4.20. The molecule has 20 heavy (non-hydrogen) atoms. The molecule has 2 aliphatic rings. The van der Waals surface area contributed by atoms with Crippen molar-refractivity contribution < 1.29 is 14.3 Å². The lowest BCUT2D eigenvalue weighted by molar-refractivity contribution is -0.124. The number of carbonyl (C=O) groups is 1. The molecule has 0 saturated heterocycles. The molecule has 1 amide bonds. The molecule has 108 valence electrons. The van der Waals surface area contributed by atoms with Crippen molar-refractivity contribution in [1.29, 1.82) is 0 Å². The summed E-state index contributed by atoms with van der Waals surface area (Å²) in [7, 11) is 0. The van der Waals surface area contributed by atoms with Gasteiger partial charge in [-0.2, -0.15) is 0 Å². The van der Waals surface area contributed by atoms with E-state index >= 15 is 0 Å². The van der Waals surface area contributed by atoms with Gasteiger partial charge in [0.15, 0.2) is 0 Å². The van der Waals surface area contributed by atoms with E-state index in [2.05, 4.69) is 5.32 Å². The Morgan fingerprint density at radius 2 is 1.95 bits per heavy atom. The number of rotatable bonds is 6. The van der Waals surface area contributed by atoms with Gasteiger partial charge in [-0.1, -0.05) is 12.1 Å². The molecule has 0 radical (unpaired) electrons. The van der Waals surface area contributed by atoms with Crippen LogP contribution < -0.4 is 5.32 Å². The first-order valence-electron chi connectivity index (χ1n) is 7.36. The third-order valence-corrected chi connectivity index (χ3v) is 4.20. The van der Waals surface area contributed by atoms with Crippen LogP contribution in [0.4, 0.5) is 4.39 Å². The maximum absolute atomic E-state index is 13.1. The van der Waals surface area contributed by atoms with Gasteiger partial charge in [0.05, 0.1) is 12.5 Å². The Bertz CT molecular complexity index is 485. The molecule has 2 saturated carbocycles. The second-order valence-corrected chi connectivity index (χ2v) is 6.04. The smallest absolute Gasteiger partial charge is 0.223 e. The molecule has 2 aliphatic carbocycles. The lowest BCUT2D eigenvalue weighted by atomic mass is 10.0. The average molecular weight is 277 g/mol. The number of benzene rings is 1. The molecule has 2 N–H and O–H groups in total. The highest BCUT2D eigenvalue weighted by Crippen LogP contribution is 2.44. The number of carbonyl (C=O) groups excluding carboxylic acids is 1. The van der Waals surface area contributed by atoms with Crippen molar-refractivity contribution >= 4 is 5.91 Å². The van der Waals surface area contributed by atoms with Crippen LogP contribution in [0.3, 0.4) is 0 Å². The van der Waals surface area contributed by atoms with Gasteiger partial charge < -0.3 is 10.4 Å². The summed E-state index contributed by atoms with van der Waals surface area (Å²) >= 11 is 0. The molecule has 1 aromatic carbocycles. The molecule has 3 rings (SSSR count). The number of hydrogen-bond acceptors (Lipinski definition) is 2. The fourth-order valence-corrected chi connectivity index (χ4v) is 2.78. The molecule has 0 aromatic heterocycles. The lowest BCUT2D eigenvalue weighted by Gasteiger charge is -2.19. The Morgan fingerprint density at radius 1 is 1.30 bits per heavy atom. The highest BCUT2D eigenvalue weighted by Gasteiger charge is 2.42. The highest BCUT2D eigenvalue weighted by atomic mass is 19.1. The third kappa shape index (κ3) is 3.37. The molecule has 0 spiro atoms. The monoisotopic (exact) mass is 277 g/mol. The minimum absolute atomic E-state index is 0.000602. The van der Waals surface area contributed by atoms with Crippen molar-refractivity contribution in [2.24, 2.45) is 11.8 Å². The Hall–Kier alpha value is -1.42. The summed E-state index contributed by atoms with van der Waals surface area (Å²) in [6.07, 6.45) is 3.87. The van der Waals surface area contributed by atoms with Crippen LogP contribution in [0.2, 0.25) is 0 Å². The molecule has 2 fully saturated rings. The zero-order chi connectivity index (χ0) is 14.1. The van der Waals surface area contributed by atoms with Crippen LogP contribution in [-0.4, -0.2) is 17.1 Å². The minimum Gasteiger partial charge on any atom is -0.388 e. The van der Waals surface area contributed by atoms with Gasteiger partial charge in [0, 0.05) is 6.04 Å². The number of aliphatic hydroxyl groups is 1. The molecule has 1 unspecified atom stereocenters. The Kier molecular flexibility index (Phi) is 3.74. The number of aliphatic hydroxyl groups excluding tert-OH is 1. The standard InChI is InChI=1S/C16H20FNO2/c17-13-3-1-2-12(8-13)14(19)9-15(20)18-16(10-4-5-10)11-6-7-11/h1-3,8,10-11,14,16,19H,4-7,9H2,(H,18,20). The Morgan fingerprint density at radius 3 is 2.50 bits per heavy atom. The van der Waals surface area contributed by atoms with E-state index in [1.165, 1.54) is 37.8 Å². The first kappa shape index (κ1) is 13.6. The zero-order valence-electron chi connectivity index (χ0n) is 11.4. The summed E-state index contributed by atoms with van der Waals surface area (Å²) in [5.41, 5.74) is 0.453. The van der Waals surface area contributed by atoms with Crippen molar-refractivity contribution in [3.05, 3.63) is 35.6 Å². The van der Waals surface area contributed by atoms with Crippen molar-refractivity contribution in [1.82, 2.24) is 5.32 Å². The van der Waals surface area contributed by atoms with E-state index in [9.17, 15) is 14.3 Å². The number of amides is 1. The van der Waals surface area contributed by atoms with E-state index in [0.29, 0.717) is 23.4 Å². The molecule has 4 heteroatoms. The summed E-state index contributed by atoms with van der Waals surface area (Å²) in [6, 6.07) is 6.08. The normalized spacial score (nSPS) is 19.9. The lowest BCUT2D eigenvalue weighted by Crippen LogP contribution is -2.38. The first-order chi connectivity index (χ1) is 9.63. The predicted octanol–water partition coefficient (Wildman–Crippen LogP) is 2.55. The minimum atomic E-state index is -0.940. The molecule has 3 nitrogen and oxygen atoms in total. The first-order valence-corrected chi connectivity index (χ1v) is 7.36. The van der Waals surface area contributed by atoms with Gasteiger partial charge in [0.1, 0.15) is 5.82 Å². The van der Waals surface area contributed by atoms with Crippen molar-refractivity contribution in [2.75, 3.05) is 0 Å². The van der Waals surface area contributed by atoms with Crippen LogP contribution in [0.15, 0.2) is 24.3 Å². The van der Waals surface area contributed by atoms with Gasteiger partial charge in [-0.25, -0.2) is 4.39 Å². The fourth-order valence-electron chi connectivity index (χ4n) is 2.78. The largest absolute Gasteiger partial charge is 0.388 e. The van der Waals surface area contributed by atoms with Gasteiger partial charge in [0.2, 0.25) is 5.91 Å². The molecular formula is C16H20FNO2. The predicted molar refractivity (Wildman–Crippen MR) is 73.4 cm³/mol. The highest BCUT2D eigenvalue weighted by molar-refractivity contribution is 5.77. The van der Waals surface area contributed by atoms with Gasteiger partial charge in [-0.3, -0.25) is 4.79 Å². The van der Waals surface area contributed by atoms with Crippen LogP contribution >= 0.6 is 0 Å². The quantitative estimate of drug-likeness (QED) is 0.839. The average Bonchev–Trinajstić information content (AvgIpc) is 3.28.